The number of aliphatic hydroxyl groups is 1. The summed E-state index contributed by atoms with van der Waals surface area (Å²) in [5.74, 6) is -0.858. The fraction of sp³-hybridized carbons (Fsp3) is 0.529. The maximum absolute atomic E-state index is 10.6. The minimum absolute atomic E-state index is 0.143. The largest absolute Gasteiger partial charge is 0.490 e. The van der Waals surface area contributed by atoms with Crippen molar-refractivity contribution in [1.29, 1.82) is 0 Å². The molecule has 7 nitrogen and oxygen atoms in total. The third-order valence-corrected chi connectivity index (χ3v) is 4.23. The molecule has 2 aromatic heterocycles. The summed E-state index contributed by atoms with van der Waals surface area (Å²) in [5.41, 5.74) is 1.17. The van der Waals surface area contributed by atoms with Gasteiger partial charge in [-0.25, -0.2) is 4.79 Å². The summed E-state index contributed by atoms with van der Waals surface area (Å²) in [6.07, 6.45) is 0.186. The molecule has 3 rings (SSSR count). The first-order valence-electron chi connectivity index (χ1n) is 8.31. The van der Waals surface area contributed by atoms with Crippen molar-refractivity contribution in [2.75, 3.05) is 6.54 Å². The molecule has 1 saturated heterocycles. The van der Waals surface area contributed by atoms with Crippen molar-refractivity contribution in [3.63, 3.8) is 0 Å². The highest BCUT2D eigenvalue weighted by Gasteiger charge is 2.38. The van der Waals surface area contributed by atoms with E-state index < -0.39 is 12.1 Å². The average molecular weight is 389 g/mol. The summed E-state index contributed by atoms with van der Waals surface area (Å²) in [7, 11) is 1.91. The van der Waals surface area contributed by atoms with Crippen LogP contribution in [0.25, 0.3) is 0 Å². The van der Waals surface area contributed by atoms with Crippen LogP contribution >= 0.6 is 0 Å². The van der Waals surface area contributed by atoms with Gasteiger partial charge in [-0.3, -0.25) is 9.58 Å². The van der Waals surface area contributed by atoms with Crippen molar-refractivity contribution < 1.29 is 32.6 Å². The van der Waals surface area contributed by atoms with Gasteiger partial charge in [0.25, 0.3) is 0 Å². The molecule has 1 aliphatic rings. The van der Waals surface area contributed by atoms with Crippen molar-refractivity contribution in [2.24, 2.45) is 7.05 Å². The smallest absolute Gasteiger partial charge is 0.475 e. The number of hydrogen-bond donors (Lipinski definition) is 2. The Balaban J connectivity index is 0.000000321. The van der Waals surface area contributed by atoms with Crippen LogP contribution in [0.1, 0.15) is 23.5 Å². The first-order valence-corrected chi connectivity index (χ1v) is 8.31. The number of carboxylic acids is 1. The predicted molar refractivity (Wildman–Crippen MR) is 88.9 cm³/mol. The minimum atomic E-state index is -5.08. The van der Waals surface area contributed by atoms with Gasteiger partial charge in [0.1, 0.15) is 11.5 Å². The van der Waals surface area contributed by atoms with E-state index in [1.807, 2.05) is 38.5 Å². The fourth-order valence-electron chi connectivity index (χ4n) is 2.95. The van der Waals surface area contributed by atoms with Crippen LogP contribution in [0.4, 0.5) is 13.2 Å². The molecule has 0 radical (unpaired) electrons. The Hall–Kier alpha value is -2.33. The SMILES string of the molecule is Cc1ccc(CN2CC[C@@H](O)[C@@H]2Cc2cnn(C)c2)o1.O=C(O)C(F)(F)F. The maximum atomic E-state index is 10.6. The van der Waals surface area contributed by atoms with Crippen LogP contribution in [0.15, 0.2) is 28.9 Å². The molecule has 0 aliphatic carbocycles. The number of aliphatic hydroxyl groups excluding tert-OH is 1. The lowest BCUT2D eigenvalue weighted by Gasteiger charge is -2.24. The Morgan fingerprint density at radius 3 is 2.56 bits per heavy atom. The van der Waals surface area contributed by atoms with Gasteiger partial charge in [-0.15, -0.1) is 0 Å². The van der Waals surface area contributed by atoms with Gasteiger partial charge in [-0.1, -0.05) is 0 Å². The van der Waals surface area contributed by atoms with E-state index in [1.54, 1.807) is 4.68 Å². The zero-order chi connectivity index (χ0) is 20.2. The summed E-state index contributed by atoms with van der Waals surface area (Å²) in [5, 5.41) is 21.5. The summed E-state index contributed by atoms with van der Waals surface area (Å²) >= 11 is 0. The molecule has 0 unspecified atom stereocenters. The number of aryl methyl sites for hydroxylation is 2. The first kappa shape index (κ1) is 21.0. The van der Waals surface area contributed by atoms with Gasteiger partial charge < -0.3 is 14.6 Å². The Labute approximate surface area is 154 Å². The monoisotopic (exact) mass is 389 g/mol. The molecular formula is C17H22F3N3O4. The molecule has 0 bridgehead atoms. The Morgan fingerprint density at radius 2 is 2.07 bits per heavy atom. The Kier molecular flexibility index (Phi) is 6.66. The highest BCUT2D eigenvalue weighted by Crippen LogP contribution is 2.24. The highest BCUT2D eigenvalue weighted by molar-refractivity contribution is 5.73. The quantitative estimate of drug-likeness (QED) is 0.833. The van der Waals surface area contributed by atoms with Crippen LogP contribution in [0, 0.1) is 6.92 Å². The molecule has 2 aromatic rings. The molecule has 0 saturated carbocycles. The fourth-order valence-corrected chi connectivity index (χ4v) is 2.95. The molecule has 0 amide bonds. The van der Waals surface area contributed by atoms with Gasteiger partial charge >= 0.3 is 12.1 Å². The lowest BCUT2D eigenvalue weighted by Crippen LogP contribution is -2.36. The number of aliphatic carboxylic acids is 1. The maximum Gasteiger partial charge on any atom is 0.490 e. The second-order valence-corrected chi connectivity index (χ2v) is 6.44. The number of hydrogen-bond acceptors (Lipinski definition) is 5. The number of likely N-dealkylation sites (tertiary alicyclic amines) is 1. The molecule has 2 atom stereocenters. The lowest BCUT2D eigenvalue weighted by molar-refractivity contribution is -0.192. The second-order valence-electron chi connectivity index (χ2n) is 6.44. The molecule has 3 heterocycles. The normalized spacial score (nSPS) is 20.4. The number of rotatable bonds is 4. The zero-order valence-electron chi connectivity index (χ0n) is 15.0. The molecule has 27 heavy (non-hydrogen) atoms. The number of furan rings is 1. The summed E-state index contributed by atoms with van der Waals surface area (Å²) in [6.45, 7) is 3.62. The standard InChI is InChI=1S/C15H21N3O2.C2HF3O2/c1-11-3-4-13(20-11)10-18-6-5-15(19)14(18)7-12-8-16-17(2)9-12;3-2(4,5)1(6)7/h3-4,8-9,14-15,19H,5-7,10H2,1-2H3;(H,6,7)/t14-,15+;/m0./s1. The van der Waals surface area contributed by atoms with Gasteiger partial charge in [-0.05, 0) is 37.5 Å². The lowest BCUT2D eigenvalue weighted by atomic mass is 10.0. The summed E-state index contributed by atoms with van der Waals surface area (Å²) < 4.78 is 39.2. The molecule has 1 aliphatic heterocycles. The van der Waals surface area contributed by atoms with Gasteiger partial charge in [0, 0.05) is 25.8 Å². The van der Waals surface area contributed by atoms with Gasteiger partial charge in [0.15, 0.2) is 0 Å². The molecule has 150 valence electrons. The molecule has 1 fully saturated rings. The van der Waals surface area contributed by atoms with E-state index in [9.17, 15) is 18.3 Å². The van der Waals surface area contributed by atoms with E-state index in [1.165, 1.54) is 5.56 Å². The zero-order valence-corrected chi connectivity index (χ0v) is 15.0. The van der Waals surface area contributed by atoms with Crippen molar-refractivity contribution in [2.45, 2.75) is 44.6 Å². The first-order chi connectivity index (χ1) is 12.6. The molecular weight excluding hydrogens is 367 g/mol. The van der Waals surface area contributed by atoms with E-state index in [0.29, 0.717) is 0 Å². The van der Waals surface area contributed by atoms with Crippen LogP contribution in [0.5, 0.6) is 0 Å². The van der Waals surface area contributed by atoms with Gasteiger partial charge in [-0.2, -0.15) is 18.3 Å². The van der Waals surface area contributed by atoms with E-state index in [4.69, 9.17) is 14.3 Å². The minimum Gasteiger partial charge on any atom is -0.475 e. The second kappa shape index (κ2) is 8.57. The van der Waals surface area contributed by atoms with Crippen LogP contribution in [-0.2, 0) is 24.8 Å². The van der Waals surface area contributed by atoms with E-state index >= 15 is 0 Å². The van der Waals surface area contributed by atoms with E-state index in [0.717, 1.165) is 37.5 Å². The summed E-state index contributed by atoms with van der Waals surface area (Å²) in [4.78, 5) is 11.2. The number of nitrogens with zero attached hydrogens (tertiary/aromatic N) is 3. The molecule has 0 spiro atoms. The van der Waals surface area contributed by atoms with E-state index in [-0.39, 0.29) is 12.1 Å². The molecule has 10 heteroatoms. The molecule has 2 N–H and O–H groups in total. The number of halogens is 3. The average Bonchev–Trinajstić information content (AvgIpc) is 3.25. The Bertz CT molecular complexity index is 757. The number of carbonyl (C=O) groups is 1. The Morgan fingerprint density at radius 1 is 1.41 bits per heavy atom. The topological polar surface area (TPSA) is 91.7 Å². The number of carboxylic acid groups (broad SMARTS) is 1. The third kappa shape index (κ3) is 6.10. The van der Waals surface area contributed by atoms with Crippen molar-refractivity contribution in [3.05, 3.63) is 41.6 Å². The van der Waals surface area contributed by atoms with Crippen LogP contribution in [-0.4, -0.2) is 55.7 Å². The van der Waals surface area contributed by atoms with Crippen LogP contribution in [0.3, 0.4) is 0 Å². The number of aromatic nitrogens is 2. The third-order valence-electron chi connectivity index (χ3n) is 4.23. The van der Waals surface area contributed by atoms with Crippen LogP contribution < -0.4 is 0 Å². The van der Waals surface area contributed by atoms with Gasteiger partial charge in [0.05, 0.1) is 18.8 Å². The van der Waals surface area contributed by atoms with Crippen molar-refractivity contribution in [1.82, 2.24) is 14.7 Å². The van der Waals surface area contributed by atoms with E-state index in [2.05, 4.69) is 10.00 Å². The van der Waals surface area contributed by atoms with Crippen molar-refractivity contribution in [3.8, 4) is 0 Å². The van der Waals surface area contributed by atoms with Gasteiger partial charge in [0.2, 0.25) is 0 Å². The predicted octanol–water partition coefficient (Wildman–Crippen LogP) is 2.13. The molecule has 0 aromatic carbocycles. The van der Waals surface area contributed by atoms with Crippen LogP contribution in [0.2, 0.25) is 0 Å². The highest BCUT2D eigenvalue weighted by atomic mass is 19.4. The number of alkyl halides is 3. The summed E-state index contributed by atoms with van der Waals surface area (Å²) in [6, 6.07) is 4.14. The van der Waals surface area contributed by atoms with Crippen molar-refractivity contribution >= 4 is 5.97 Å².